The van der Waals surface area contributed by atoms with Crippen molar-refractivity contribution in [1.82, 2.24) is 10.6 Å². The number of hydrogen-bond acceptors (Lipinski definition) is 5. The SMILES string of the molecule is CC(C)(NC(=O)OCc1ccccc1)C(=O)O.CNC(C)(C)C(=O)O. The van der Waals surface area contributed by atoms with Crippen molar-refractivity contribution in [3.63, 3.8) is 0 Å². The molecule has 0 fully saturated rings. The van der Waals surface area contributed by atoms with Gasteiger partial charge < -0.3 is 25.6 Å². The molecule has 8 heteroatoms. The Hall–Kier alpha value is -2.61. The highest BCUT2D eigenvalue weighted by molar-refractivity contribution is 5.83. The van der Waals surface area contributed by atoms with Gasteiger partial charge in [-0.25, -0.2) is 9.59 Å². The largest absolute Gasteiger partial charge is 0.480 e. The molecule has 0 aliphatic heterocycles. The van der Waals surface area contributed by atoms with Crippen molar-refractivity contribution >= 4 is 18.0 Å². The van der Waals surface area contributed by atoms with Crippen molar-refractivity contribution in [1.29, 1.82) is 0 Å². The van der Waals surface area contributed by atoms with E-state index in [-0.39, 0.29) is 6.61 Å². The van der Waals surface area contributed by atoms with Gasteiger partial charge in [0, 0.05) is 0 Å². The lowest BCUT2D eigenvalue weighted by molar-refractivity contribution is -0.144. The monoisotopic (exact) mass is 354 g/mol. The van der Waals surface area contributed by atoms with Crippen molar-refractivity contribution in [3.05, 3.63) is 35.9 Å². The number of aliphatic carboxylic acids is 2. The average molecular weight is 354 g/mol. The van der Waals surface area contributed by atoms with Crippen LogP contribution in [0.25, 0.3) is 0 Å². The van der Waals surface area contributed by atoms with Crippen LogP contribution < -0.4 is 10.6 Å². The maximum absolute atomic E-state index is 11.3. The molecule has 0 spiro atoms. The molecule has 0 aliphatic carbocycles. The van der Waals surface area contributed by atoms with Gasteiger partial charge in [0.15, 0.2) is 0 Å². The summed E-state index contributed by atoms with van der Waals surface area (Å²) in [7, 11) is 1.62. The minimum Gasteiger partial charge on any atom is -0.480 e. The molecule has 4 N–H and O–H groups in total. The third kappa shape index (κ3) is 8.71. The molecule has 1 aromatic carbocycles. The Bertz CT molecular complexity index is 584. The van der Waals surface area contributed by atoms with E-state index in [9.17, 15) is 14.4 Å². The molecule has 0 bridgehead atoms. The molecular weight excluding hydrogens is 328 g/mol. The van der Waals surface area contributed by atoms with Crippen LogP contribution in [0.4, 0.5) is 4.79 Å². The fourth-order valence-electron chi connectivity index (χ4n) is 1.17. The summed E-state index contributed by atoms with van der Waals surface area (Å²) < 4.78 is 4.90. The number of ether oxygens (including phenoxy) is 1. The van der Waals surface area contributed by atoms with Crippen molar-refractivity contribution in [2.75, 3.05) is 7.05 Å². The number of carboxylic acids is 2. The van der Waals surface area contributed by atoms with Gasteiger partial charge in [0.05, 0.1) is 0 Å². The maximum Gasteiger partial charge on any atom is 0.408 e. The van der Waals surface area contributed by atoms with Crippen molar-refractivity contribution < 1.29 is 29.3 Å². The number of carbonyl (C=O) groups is 3. The standard InChI is InChI=1S/C12H15NO4.C5H11NO2/c1-12(2,10(14)15)13-11(16)17-8-9-6-4-3-5-7-9;1-5(2,6-3)4(7)8/h3-7H,8H2,1-2H3,(H,13,16)(H,14,15);6H,1-3H3,(H,7,8). The zero-order valence-electron chi connectivity index (χ0n) is 15.1. The fraction of sp³-hybridized carbons (Fsp3) is 0.471. The molecule has 0 aliphatic rings. The first-order valence-electron chi connectivity index (χ1n) is 7.57. The molecule has 0 atom stereocenters. The van der Waals surface area contributed by atoms with E-state index in [0.717, 1.165) is 5.56 Å². The van der Waals surface area contributed by atoms with Crippen LogP contribution >= 0.6 is 0 Å². The molecule has 0 saturated carbocycles. The lowest BCUT2D eigenvalue weighted by atomic mass is 10.1. The first-order chi connectivity index (χ1) is 11.4. The first-order valence-corrected chi connectivity index (χ1v) is 7.57. The van der Waals surface area contributed by atoms with E-state index in [1.807, 2.05) is 30.3 Å². The molecule has 0 heterocycles. The quantitative estimate of drug-likeness (QED) is 0.614. The summed E-state index contributed by atoms with van der Waals surface area (Å²) in [5.41, 5.74) is -1.29. The Labute approximate surface area is 147 Å². The van der Waals surface area contributed by atoms with Gasteiger partial charge in [0.2, 0.25) is 0 Å². The van der Waals surface area contributed by atoms with Gasteiger partial charge in [-0.05, 0) is 40.3 Å². The number of carbonyl (C=O) groups excluding carboxylic acids is 1. The molecule has 25 heavy (non-hydrogen) atoms. The summed E-state index contributed by atoms with van der Waals surface area (Å²) in [6.45, 7) is 6.10. The van der Waals surface area contributed by atoms with E-state index in [4.69, 9.17) is 14.9 Å². The molecule has 1 rings (SSSR count). The summed E-state index contributed by atoms with van der Waals surface area (Å²) in [5.74, 6) is -1.95. The van der Waals surface area contributed by atoms with Crippen molar-refractivity contribution in [2.24, 2.45) is 0 Å². The number of carboxylic acid groups (broad SMARTS) is 2. The van der Waals surface area contributed by atoms with Crippen molar-refractivity contribution in [2.45, 2.75) is 45.4 Å². The van der Waals surface area contributed by atoms with Crippen molar-refractivity contribution in [3.8, 4) is 0 Å². The molecule has 0 unspecified atom stereocenters. The summed E-state index contributed by atoms with van der Waals surface area (Å²) in [6.07, 6.45) is -0.749. The second kappa shape index (κ2) is 9.63. The van der Waals surface area contributed by atoms with E-state index in [0.29, 0.717) is 0 Å². The molecule has 0 saturated heterocycles. The Morgan fingerprint density at radius 3 is 1.80 bits per heavy atom. The summed E-state index contributed by atoms with van der Waals surface area (Å²) in [4.78, 5) is 32.3. The normalized spacial score (nSPS) is 10.9. The zero-order chi connectivity index (χ0) is 19.7. The van der Waals surface area contributed by atoms with E-state index in [1.54, 1.807) is 20.9 Å². The molecule has 8 nitrogen and oxygen atoms in total. The Kier molecular flexibility index (Phi) is 8.62. The molecule has 0 aromatic heterocycles. The van der Waals surface area contributed by atoms with Crippen LogP contribution in [0.5, 0.6) is 0 Å². The lowest BCUT2D eigenvalue weighted by Crippen LogP contribution is -2.49. The fourth-order valence-corrected chi connectivity index (χ4v) is 1.17. The molecular formula is C17H26N2O6. The molecule has 1 amide bonds. The minimum absolute atomic E-state index is 0.113. The summed E-state index contributed by atoms with van der Waals surface area (Å²) >= 11 is 0. The molecule has 140 valence electrons. The number of amides is 1. The average Bonchev–Trinajstić information content (AvgIpc) is 2.54. The number of rotatable bonds is 6. The predicted octanol–water partition coefficient (Wildman–Crippen LogP) is 1.84. The number of alkyl carbamates (subject to hydrolysis) is 1. The minimum atomic E-state index is -1.34. The number of nitrogens with one attached hydrogen (secondary N) is 2. The van der Waals surface area contributed by atoms with Gasteiger partial charge in [0.1, 0.15) is 17.7 Å². The summed E-state index contributed by atoms with van der Waals surface area (Å²) in [6, 6.07) is 9.15. The molecule has 1 aromatic rings. The number of benzene rings is 1. The van der Waals surface area contributed by atoms with Gasteiger partial charge in [-0.2, -0.15) is 0 Å². The van der Waals surface area contributed by atoms with Gasteiger partial charge in [-0.3, -0.25) is 4.79 Å². The van der Waals surface area contributed by atoms with Gasteiger partial charge in [-0.1, -0.05) is 30.3 Å². The third-order valence-electron chi connectivity index (χ3n) is 3.32. The smallest absolute Gasteiger partial charge is 0.408 e. The van der Waals surface area contributed by atoms with E-state index in [2.05, 4.69) is 10.6 Å². The van der Waals surface area contributed by atoms with Gasteiger partial charge in [-0.15, -0.1) is 0 Å². The van der Waals surface area contributed by atoms with Crippen LogP contribution in [0.3, 0.4) is 0 Å². The highest BCUT2D eigenvalue weighted by Gasteiger charge is 2.29. The van der Waals surface area contributed by atoms with E-state index < -0.39 is 29.1 Å². The number of hydrogen-bond donors (Lipinski definition) is 4. The van der Waals surface area contributed by atoms with Gasteiger partial charge in [0.25, 0.3) is 0 Å². The Balaban J connectivity index is 0.000000609. The van der Waals surface area contributed by atoms with Crippen LogP contribution in [0.2, 0.25) is 0 Å². The zero-order valence-corrected chi connectivity index (χ0v) is 15.1. The van der Waals surface area contributed by atoms with Crippen LogP contribution in [0.15, 0.2) is 30.3 Å². The predicted molar refractivity (Wildman–Crippen MR) is 92.3 cm³/mol. The second-order valence-electron chi connectivity index (χ2n) is 6.30. The number of likely N-dealkylation sites (N-methyl/N-ethyl adjacent to an activating group) is 1. The van der Waals surface area contributed by atoms with Crippen LogP contribution in [-0.2, 0) is 20.9 Å². The highest BCUT2D eigenvalue weighted by Crippen LogP contribution is 2.04. The van der Waals surface area contributed by atoms with Crippen LogP contribution in [0, 0.1) is 0 Å². The van der Waals surface area contributed by atoms with E-state index in [1.165, 1.54) is 13.8 Å². The van der Waals surface area contributed by atoms with Crippen LogP contribution in [0.1, 0.15) is 33.3 Å². The maximum atomic E-state index is 11.3. The second-order valence-corrected chi connectivity index (χ2v) is 6.30. The lowest BCUT2D eigenvalue weighted by Gasteiger charge is -2.20. The first kappa shape index (κ1) is 22.4. The van der Waals surface area contributed by atoms with Gasteiger partial charge >= 0.3 is 18.0 Å². The Morgan fingerprint density at radius 1 is 0.960 bits per heavy atom. The Morgan fingerprint density at radius 2 is 1.44 bits per heavy atom. The van der Waals surface area contributed by atoms with Crippen LogP contribution in [-0.4, -0.2) is 46.4 Å². The topological polar surface area (TPSA) is 125 Å². The highest BCUT2D eigenvalue weighted by atomic mass is 16.5. The summed E-state index contributed by atoms with van der Waals surface area (Å²) in [5, 5.41) is 22.1. The third-order valence-corrected chi connectivity index (χ3v) is 3.32. The van der Waals surface area contributed by atoms with E-state index >= 15 is 0 Å². The molecule has 0 radical (unpaired) electrons.